The smallest absolute Gasteiger partial charge is 0.212 e. The van der Waals surface area contributed by atoms with Gasteiger partial charge in [0.1, 0.15) is 0 Å². The third-order valence-electron chi connectivity index (χ3n) is 2.74. The number of rotatable bonds is 6. The van der Waals surface area contributed by atoms with Crippen molar-refractivity contribution in [2.75, 3.05) is 0 Å². The second-order valence-corrected chi connectivity index (χ2v) is 5.67. The number of aromatic nitrogens is 2. The molecule has 0 atom stereocenters. The number of hydrogen-bond donors (Lipinski definition) is 1. The Morgan fingerprint density at radius 3 is 2.29 bits per heavy atom. The predicted molar refractivity (Wildman–Crippen MR) is 71.3 cm³/mol. The van der Waals surface area contributed by atoms with Crippen LogP contribution >= 0.6 is 0 Å². The van der Waals surface area contributed by atoms with Gasteiger partial charge in [-0.15, -0.1) is 0 Å². The van der Waals surface area contributed by atoms with E-state index in [4.69, 9.17) is 0 Å². The van der Waals surface area contributed by atoms with Gasteiger partial charge in [0.2, 0.25) is 5.88 Å². The molecule has 1 aromatic heterocycles. The largest absolute Gasteiger partial charge is 0.493 e. The summed E-state index contributed by atoms with van der Waals surface area (Å²) in [6, 6.07) is 0. The minimum absolute atomic E-state index is 0.385. The van der Waals surface area contributed by atoms with Crippen LogP contribution in [-0.4, -0.2) is 14.9 Å². The third-order valence-corrected chi connectivity index (χ3v) is 2.74. The molecule has 0 bridgehead atoms. The molecule has 3 heteroatoms. The van der Waals surface area contributed by atoms with Gasteiger partial charge in [0.25, 0.3) is 0 Å². The zero-order chi connectivity index (χ0) is 13.0. The van der Waals surface area contributed by atoms with E-state index in [2.05, 4.69) is 39.7 Å². The van der Waals surface area contributed by atoms with Crippen LogP contribution in [0.1, 0.15) is 52.3 Å². The topological polar surface area (TPSA) is 38.0 Å². The van der Waals surface area contributed by atoms with Crippen molar-refractivity contribution in [2.45, 2.75) is 60.4 Å². The molecule has 0 radical (unpaired) electrons. The van der Waals surface area contributed by atoms with Crippen LogP contribution in [0.3, 0.4) is 0 Å². The molecule has 0 unspecified atom stereocenters. The van der Waals surface area contributed by atoms with Crippen LogP contribution in [0.4, 0.5) is 0 Å². The highest BCUT2D eigenvalue weighted by molar-refractivity contribution is 5.31. The first-order valence-corrected chi connectivity index (χ1v) is 6.73. The van der Waals surface area contributed by atoms with Crippen LogP contribution in [0.5, 0.6) is 5.88 Å². The van der Waals surface area contributed by atoms with Crippen molar-refractivity contribution < 1.29 is 5.11 Å². The molecule has 1 rings (SSSR count). The van der Waals surface area contributed by atoms with E-state index in [-0.39, 0.29) is 0 Å². The standard InChI is InChI=1S/C14H26N2O/c1-6-7-13-12(8-10(2)3)14(17)16(15-13)9-11(4)5/h10-11,17H,6-9H2,1-5H3. The lowest BCUT2D eigenvalue weighted by Crippen LogP contribution is -2.06. The predicted octanol–water partition coefficient (Wildman–Crippen LogP) is 3.40. The number of hydrogen-bond acceptors (Lipinski definition) is 2. The monoisotopic (exact) mass is 238 g/mol. The van der Waals surface area contributed by atoms with Crippen molar-refractivity contribution in [3.8, 4) is 5.88 Å². The Morgan fingerprint density at radius 1 is 1.18 bits per heavy atom. The first-order valence-electron chi connectivity index (χ1n) is 6.73. The van der Waals surface area contributed by atoms with Crippen LogP contribution < -0.4 is 0 Å². The van der Waals surface area contributed by atoms with Crippen LogP contribution in [0.2, 0.25) is 0 Å². The maximum Gasteiger partial charge on any atom is 0.212 e. The second-order valence-electron chi connectivity index (χ2n) is 5.67. The molecule has 1 N–H and O–H groups in total. The van der Waals surface area contributed by atoms with Crippen LogP contribution in [0.25, 0.3) is 0 Å². The average Bonchev–Trinajstić information content (AvgIpc) is 2.46. The van der Waals surface area contributed by atoms with Crippen LogP contribution in [0, 0.1) is 11.8 Å². The molecular weight excluding hydrogens is 212 g/mol. The molecule has 0 spiro atoms. The second kappa shape index (κ2) is 6.08. The minimum atomic E-state index is 0.385. The van der Waals surface area contributed by atoms with E-state index in [1.165, 1.54) is 0 Å². The fraction of sp³-hybridized carbons (Fsp3) is 0.786. The highest BCUT2D eigenvalue weighted by Gasteiger charge is 2.17. The van der Waals surface area contributed by atoms with Gasteiger partial charge in [0.15, 0.2) is 0 Å². The van der Waals surface area contributed by atoms with Gasteiger partial charge in [-0.3, -0.25) is 0 Å². The Balaban J connectivity index is 3.01. The Kier molecular flexibility index (Phi) is 5.03. The van der Waals surface area contributed by atoms with Gasteiger partial charge in [0, 0.05) is 12.1 Å². The Hall–Kier alpha value is -0.990. The highest BCUT2D eigenvalue weighted by Crippen LogP contribution is 2.26. The summed E-state index contributed by atoms with van der Waals surface area (Å²) in [5.41, 5.74) is 2.14. The van der Waals surface area contributed by atoms with Crippen molar-refractivity contribution in [3.05, 3.63) is 11.3 Å². The fourth-order valence-corrected chi connectivity index (χ4v) is 2.07. The lowest BCUT2D eigenvalue weighted by molar-refractivity contribution is 0.367. The molecule has 0 fully saturated rings. The Morgan fingerprint density at radius 2 is 1.82 bits per heavy atom. The summed E-state index contributed by atoms with van der Waals surface area (Å²) >= 11 is 0. The van der Waals surface area contributed by atoms with Crippen molar-refractivity contribution in [3.63, 3.8) is 0 Å². The Bertz CT molecular complexity index is 353. The van der Waals surface area contributed by atoms with Gasteiger partial charge >= 0.3 is 0 Å². The van der Waals surface area contributed by atoms with Crippen molar-refractivity contribution in [2.24, 2.45) is 11.8 Å². The van der Waals surface area contributed by atoms with Crippen LogP contribution in [-0.2, 0) is 19.4 Å². The van der Waals surface area contributed by atoms with E-state index >= 15 is 0 Å². The van der Waals surface area contributed by atoms with E-state index in [0.29, 0.717) is 17.7 Å². The maximum atomic E-state index is 10.2. The number of aryl methyl sites for hydroxylation is 1. The molecule has 98 valence electrons. The first-order chi connectivity index (χ1) is 7.95. The molecule has 0 aromatic carbocycles. The fourth-order valence-electron chi connectivity index (χ4n) is 2.07. The molecule has 0 aliphatic carbocycles. The molecular formula is C14H26N2O. The van der Waals surface area contributed by atoms with Crippen LogP contribution in [0.15, 0.2) is 0 Å². The summed E-state index contributed by atoms with van der Waals surface area (Å²) in [6.45, 7) is 11.6. The summed E-state index contributed by atoms with van der Waals surface area (Å²) < 4.78 is 1.77. The normalized spacial score (nSPS) is 11.7. The molecule has 1 heterocycles. The van der Waals surface area contributed by atoms with Gasteiger partial charge in [-0.1, -0.05) is 41.0 Å². The summed E-state index contributed by atoms with van der Waals surface area (Å²) in [7, 11) is 0. The van der Waals surface area contributed by atoms with Gasteiger partial charge in [-0.2, -0.15) is 5.10 Å². The van der Waals surface area contributed by atoms with Gasteiger partial charge < -0.3 is 5.11 Å². The summed E-state index contributed by atoms with van der Waals surface area (Å²) in [5.74, 6) is 1.44. The average molecular weight is 238 g/mol. The zero-order valence-corrected chi connectivity index (χ0v) is 11.8. The SMILES string of the molecule is CCCc1nn(CC(C)C)c(O)c1CC(C)C. The van der Waals surface area contributed by atoms with Crippen molar-refractivity contribution in [1.29, 1.82) is 0 Å². The van der Waals surface area contributed by atoms with Gasteiger partial charge in [0.05, 0.1) is 5.69 Å². The van der Waals surface area contributed by atoms with E-state index in [1.807, 2.05) is 0 Å². The van der Waals surface area contributed by atoms with E-state index in [9.17, 15) is 5.11 Å². The molecule has 3 nitrogen and oxygen atoms in total. The lowest BCUT2D eigenvalue weighted by atomic mass is 10.0. The summed E-state index contributed by atoms with van der Waals surface area (Å²) in [4.78, 5) is 0. The van der Waals surface area contributed by atoms with E-state index in [0.717, 1.165) is 37.1 Å². The van der Waals surface area contributed by atoms with Crippen molar-refractivity contribution in [1.82, 2.24) is 9.78 Å². The summed E-state index contributed by atoms with van der Waals surface area (Å²) in [5, 5.41) is 14.8. The van der Waals surface area contributed by atoms with E-state index in [1.54, 1.807) is 4.68 Å². The minimum Gasteiger partial charge on any atom is -0.493 e. The van der Waals surface area contributed by atoms with Crippen molar-refractivity contribution >= 4 is 0 Å². The molecule has 0 saturated carbocycles. The van der Waals surface area contributed by atoms with Gasteiger partial charge in [-0.05, 0) is 24.7 Å². The third kappa shape index (κ3) is 3.76. The quantitative estimate of drug-likeness (QED) is 0.825. The molecule has 0 amide bonds. The zero-order valence-electron chi connectivity index (χ0n) is 11.8. The number of aromatic hydroxyl groups is 1. The molecule has 0 aliphatic heterocycles. The molecule has 0 aliphatic rings. The van der Waals surface area contributed by atoms with E-state index < -0.39 is 0 Å². The molecule has 17 heavy (non-hydrogen) atoms. The van der Waals surface area contributed by atoms with Gasteiger partial charge in [-0.25, -0.2) is 4.68 Å². The Labute approximate surface area is 105 Å². The lowest BCUT2D eigenvalue weighted by Gasteiger charge is -2.07. The first kappa shape index (κ1) is 14.1. The maximum absolute atomic E-state index is 10.2. The highest BCUT2D eigenvalue weighted by atomic mass is 16.3. The molecule has 1 aromatic rings. The number of nitrogens with zero attached hydrogens (tertiary/aromatic N) is 2. The summed E-state index contributed by atoms with van der Waals surface area (Å²) in [6.07, 6.45) is 2.95. The molecule has 0 saturated heterocycles.